The van der Waals surface area contributed by atoms with Gasteiger partial charge in [0.05, 0.1) is 11.3 Å². The van der Waals surface area contributed by atoms with Gasteiger partial charge in [0.2, 0.25) is 0 Å². The molecule has 0 aliphatic carbocycles. The Balaban J connectivity index is 2.77. The molecule has 100 valence electrons. The molecule has 1 atom stereocenters. The van der Waals surface area contributed by atoms with E-state index in [2.05, 4.69) is 5.32 Å². The number of carbonyl (C=O) groups is 1. The Morgan fingerprint density at radius 1 is 1.44 bits per heavy atom. The van der Waals surface area contributed by atoms with Crippen molar-refractivity contribution < 1.29 is 17.6 Å². The third-order valence-corrected chi connectivity index (χ3v) is 3.40. The summed E-state index contributed by atoms with van der Waals surface area (Å²) in [4.78, 5) is 11.7. The van der Waals surface area contributed by atoms with Crippen LogP contribution in [-0.4, -0.2) is 32.4 Å². The topological polar surface area (TPSA) is 63.2 Å². The van der Waals surface area contributed by atoms with Crippen molar-refractivity contribution in [3.05, 3.63) is 35.1 Å². The maximum absolute atomic E-state index is 13.5. The molecule has 0 aliphatic heterocycles. The Hall–Kier alpha value is -1.43. The second-order valence-electron chi connectivity index (χ2n) is 4.45. The zero-order valence-electron chi connectivity index (χ0n) is 10.5. The Kier molecular flexibility index (Phi) is 4.45. The molecule has 1 aromatic rings. The zero-order valence-corrected chi connectivity index (χ0v) is 11.3. The van der Waals surface area contributed by atoms with E-state index >= 15 is 0 Å². The van der Waals surface area contributed by atoms with Gasteiger partial charge in [-0.2, -0.15) is 0 Å². The number of carbonyl (C=O) groups excluding carboxylic acids is 1. The zero-order chi connectivity index (χ0) is 13.9. The fourth-order valence-electron chi connectivity index (χ4n) is 1.60. The quantitative estimate of drug-likeness (QED) is 0.899. The number of hydrogen-bond donors (Lipinski definition) is 1. The second kappa shape index (κ2) is 5.48. The minimum Gasteiger partial charge on any atom is -0.348 e. The molecule has 0 radical (unpaired) electrons. The van der Waals surface area contributed by atoms with Crippen molar-refractivity contribution >= 4 is 15.7 Å². The van der Waals surface area contributed by atoms with Gasteiger partial charge in [0.15, 0.2) is 0 Å². The van der Waals surface area contributed by atoms with Gasteiger partial charge >= 0.3 is 0 Å². The van der Waals surface area contributed by atoms with E-state index in [-0.39, 0.29) is 11.3 Å². The van der Waals surface area contributed by atoms with Crippen LogP contribution in [0.2, 0.25) is 0 Å². The lowest BCUT2D eigenvalue weighted by molar-refractivity contribution is 0.0939. The van der Waals surface area contributed by atoms with Crippen LogP contribution < -0.4 is 5.32 Å². The predicted octanol–water partition coefficient (Wildman–Crippen LogP) is 1.30. The minimum absolute atomic E-state index is 0.0825. The van der Waals surface area contributed by atoms with Gasteiger partial charge < -0.3 is 5.32 Å². The summed E-state index contributed by atoms with van der Waals surface area (Å²) in [6.45, 7) is 3.28. The second-order valence-corrected chi connectivity index (χ2v) is 6.64. The average molecular weight is 273 g/mol. The summed E-state index contributed by atoms with van der Waals surface area (Å²) in [5, 5.41) is 2.45. The Morgan fingerprint density at radius 2 is 2.06 bits per heavy atom. The van der Waals surface area contributed by atoms with E-state index in [1.807, 2.05) is 0 Å². The molecule has 1 rings (SSSR count). The first-order valence-electron chi connectivity index (χ1n) is 5.44. The highest BCUT2D eigenvalue weighted by Crippen LogP contribution is 2.10. The van der Waals surface area contributed by atoms with Crippen LogP contribution in [0.4, 0.5) is 4.39 Å². The summed E-state index contributed by atoms with van der Waals surface area (Å²) >= 11 is 0. The van der Waals surface area contributed by atoms with Crippen molar-refractivity contribution in [1.29, 1.82) is 0 Å². The lowest BCUT2D eigenvalue weighted by Crippen LogP contribution is -2.37. The number of nitrogens with one attached hydrogen (secondary N) is 1. The fourth-order valence-corrected chi connectivity index (χ4v) is 2.59. The average Bonchev–Trinajstić information content (AvgIpc) is 2.13. The maximum atomic E-state index is 13.5. The van der Waals surface area contributed by atoms with Crippen LogP contribution in [0.5, 0.6) is 0 Å². The summed E-state index contributed by atoms with van der Waals surface area (Å²) in [5.74, 6) is -1.39. The van der Waals surface area contributed by atoms with Crippen molar-refractivity contribution in [3.63, 3.8) is 0 Å². The highest BCUT2D eigenvalue weighted by atomic mass is 32.2. The number of sulfone groups is 1. The monoisotopic (exact) mass is 273 g/mol. The Bertz CT molecular complexity index is 554. The van der Waals surface area contributed by atoms with E-state index in [0.29, 0.717) is 5.56 Å². The van der Waals surface area contributed by atoms with Crippen molar-refractivity contribution in [3.8, 4) is 0 Å². The lowest BCUT2D eigenvalue weighted by atomic mass is 10.1. The van der Waals surface area contributed by atoms with E-state index in [1.165, 1.54) is 12.1 Å². The van der Waals surface area contributed by atoms with Gasteiger partial charge in [0, 0.05) is 12.3 Å². The normalized spacial score (nSPS) is 13.1. The van der Waals surface area contributed by atoms with E-state index in [9.17, 15) is 17.6 Å². The van der Waals surface area contributed by atoms with Crippen molar-refractivity contribution in [2.24, 2.45) is 0 Å². The molecule has 18 heavy (non-hydrogen) atoms. The molecule has 0 aromatic heterocycles. The molecule has 0 saturated heterocycles. The number of rotatable bonds is 4. The van der Waals surface area contributed by atoms with E-state index in [1.54, 1.807) is 19.9 Å². The smallest absolute Gasteiger partial charge is 0.254 e. The molecule has 6 heteroatoms. The minimum atomic E-state index is -3.18. The summed E-state index contributed by atoms with van der Waals surface area (Å²) in [5.41, 5.74) is 0.634. The van der Waals surface area contributed by atoms with Crippen LogP contribution in [0.3, 0.4) is 0 Å². The van der Waals surface area contributed by atoms with Gasteiger partial charge in [-0.25, -0.2) is 12.8 Å². The molecular formula is C12H16FNO3S. The van der Waals surface area contributed by atoms with Gasteiger partial charge in [0.1, 0.15) is 15.7 Å². The lowest BCUT2D eigenvalue weighted by Gasteiger charge is -2.13. The third kappa shape index (κ3) is 4.44. The molecule has 0 heterocycles. The first-order valence-corrected chi connectivity index (χ1v) is 7.50. The molecule has 1 unspecified atom stereocenters. The van der Waals surface area contributed by atoms with E-state index < -0.39 is 27.6 Å². The number of aryl methyl sites for hydroxylation is 1. The predicted molar refractivity (Wildman–Crippen MR) is 67.8 cm³/mol. The molecule has 0 spiro atoms. The van der Waals surface area contributed by atoms with Crippen LogP contribution in [0.1, 0.15) is 22.8 Å². The molecule has 0 aliphatic rings. The standard InChI is InChI=1S/C12H16FNO3S/c1-8-4-5-10(11(13)6-8)12(15)14-9(2)7-18(3,16)17/h4-6,9H,7H2,1-3H3,(H,14,15). The van der Waals surface area contributed by atoms with E-state index in [0.717, 1.165) is 6.26 Å². The molecule has 4 nitrogen and oxygen atoms in total. The van der Waals surface area contributed by atoms with Gasteiger partial charge in [-0.05, 0) is 31.5 Å². The largest absolute Gasteiger partial charge is 0.348 e. The Labute approximate surface area is 106 Å². The molecule has 0 bridgehead atoms. The highest BCUT2D eigenvalue weighted by molar-refractivity contribution is 7.90. The van der Waals surface area contributed by atoms with Gasteiger partial charge in [-0.1, -0.05) is 6.07 Å². The number of benzene rings is 1. The molecule has 1 N–H and O–H groups in total. The van der Waals surface area contributed by atoms with Crippen LogP contribution in [0.15, 0.2) is 18.2 Å². The van der Waals surface area contributed by atoms with E-state index in [4.69, 9.17) is 0 Å². The fraction of sp³-hybridized carbons (Fsp3) is 0.417. The van der Waals surface area contributed by atoms with Crippen LogP contribution in [0.25, 0.3) is 0 Å². The number of hydrogen-bond acceptors (Lipinski definition) is 3. The van der Waals surface area contributed by atoms with Crippen LogP contribution >= 0.6 is 0 Å². The van der Waals surface area contributed by atoms with Gasteiger partial charge in [-0.15, -0.1) is 0 Å². The van der Waals surface area contributed by atoms with Gasteiger partial charge in [-0.3, -0.25) is 4.79 Å². The molecule has 1 aromatic carbocycles. The molecular weight excluding hydrogens is 257 g/mol. The summed E-state index contributed by atoms with van der Waals surface area (Å²) in [6.07, 6.45) is 1.09. The third-order valence-electron chi connectivity index (χ3n) is 2.30. The maximum Gasteiger partial charge on any atom is 0.254 e. The first-order chi connectivity index (χ1) is 8.19. The number of halogens is 1. The SMILES string of the molecule is Cc1ccc(C(=O)NC(C)CS(C)(=O)=O)c(F)c1. The van der Waals surface area contributed by atoms with Gasteiger partial charge in [0.25, 0.3) is 5.91 Å². The Morgan fingerprint density at radius 3 is 2.56 bits per heavy atom. The van der Waals surface area contributed by atoms with Crippen LogP contribution in [-0.2, 0) is 9.84 Å². The molecule has 0 fully saturated rings. The first kappa shape index (κ1) is 14.6. The molecule has 0 saturated carbocycles. The van der Waals surface area contributed by atoms with Crippen molar-refractivity contribution in [2.75, 3.05) is 12.0 Å². The molecule has 1 amide bonds. The summed E-state index contributed by atoms with van der Waals surface area (Å²) in [7, 11) is -3.18. The summed E-state index contributed by atoms with van der Waals surface area (Å²) < 4.78 is 35.6. The van der Waals surface area contributed by atoms with Crippen LogP contribution in [0, 0.1) is 12.7 Å². The summed E-state index contributed by atoms with van der Waals surface area (Å²) in [6, 6.07) is 3.70. The van der Waals surface area contributed by atoms with Crippen molar-refractivity contribution in [1.82, 2.24) is 5.32 Å². The highest BCUT2D eigenvalue weighted by Gasteiger charge is 2.16. The van der Waals surface area contributed by atoms with Crippen molar-refractivity contribution in [2.45, 2.75) is 19.9 Å². The number of amides is 1.